The summed E-state index contributed by atoms with van der Waals surface area (Å²) < 4.78 is 4.94. The zero-order chi connectivity index (χ0) is 19.1. The molecule has 0 bridgehead atoms. The lowest BCUT2D eigenvalue weighted by Crippen LogP contribution is -2.38. The summed E-state index contributed by atoms with van der Waals surface area (Å²) in [5.74, 6) is -1.46. The van der Waals surface area contributed by atoms with Crippen molar-refractivity contribution in [2.75, 3.05) is 27.2 Å². The van der Waals surface area contributed by atoms with Gasteiger partial charge in [-0.3, -0.25) is 9.59 Å². The second-order valence-corrected chi connectivity index (χ2v) is 6.59. The molecule has 0 saturated heterocycles. The van der Waals surface area contributed by atoms with Crippen LogP contribution < -0.4 is 5.32 Å². The van der Waals surface area contributed by atoms with Crippen LogP contribution in [0, 0.1) is 0 Å². The second kappa shape index (κ2) is 9.10. The van der Waals surface area contributed by atoms with E-state index < -0.39 is 18.5 Å². The van der Waals surface area contributed by atoms with Crippen LogP contribution in [0.5, 0.6) is 0 Å². The molecule has 0 aliphatic heterocycles. The maximum atomic E-state index is 12.0. The quantitative estimate of drug-likeness (QED) is 0.745. The van der Waals surface area contributed by atoms with Crippen molar-refractivity contribution < 1.29 is 19.1 Å². The van der Waals surface area contributed by atoms with Crippen LogP contribution in [-0.2, 0) is 20.7 Å². The van der Waals surface area contributed by atoms with Gasteiger partial charge in [-0.25, -0.2) is 9.78 Å². The molecule has 0 fully saturated rings. The van der Waals surface area contributed by atoms with Gasteiger partial charge in [-0.15, -0.1) is 11.3 Å². The first kappa shape index (κ1) is 19.6. The van der Waals surface area contributed by atoms with Crippen molar-refractivity contribution >= 4 is 29.1 Å². The van der Waals surface area contributed by atoms with Crippen molar-refractivity contribution in [2.45, 2.75) is 13.3 Å². The van der Waals surface area contributed by atoms with E-state index in [1.54, 1.807) is 19.5 Å². The number of likely N-dealkylation sites (N-methyl/N-ethyl adjacent to an activating group) is 1. The minimum absolute atomic E-state index is 0.141. The van der Waals surface area contributed by atoms with Gasteiger partial charge in [0, 0.05) is 25.0 Å². The largest absolute Gasteiger partial charge is 0.451 e. The molecular weight excluding hydrogens is 354 g/mol. The minimum Gasteiger partial charge on any atom is -0.451 e. The highest BCUT2D eigenvalue weighted by Gasteiger charge is 2.15. The Labute approximate surface area is 156 Å². The van der Waals surface area contributed by atoms with Crippen LogP contribution in [0.4, 0.5) is 0 Å². The molecule has 1 aromatic heterocycles. The van der Waals surface area contributed by atoms with E-state index in [9.17, 15) is 14.4 Å². The Kier molecular flexibility index (Phi) is 6.85. The first-order valence-corrected chi connectivity index (χ1v) is 8.97. The third-order valence-electron chi connectivity index (χ3n) is 3.59. The summed E-state index contributed by atoms with van der Waals surface area (Å²) in [4.78, 5) is 40.6. The van der Waals surface area contributed by atoms with Crippen LogP contribution in [0.2, 0.25) is 0 Å². The predicted octanol–water partition coefficient (Wildman–Crippen LogP) is 1.73. The molecule has 7 nitrogen and oxygen atoms in total. The molecule has 0 unspecified atom stereocenters. The van der Waals surface area contributed by atoms with Crippen LogP contribution >= 0.6 is 11.3 Å². The molecule has 1 N–H and O–H groups in total. The average molecular weight is 375 g/mol. The van der Waals surface area contributed by atoms with Crippen molar-refractivity contribution in [1.29, 1.82) is 0 Å². The Bertz CT molecular complexity index is 784. The van der Waals surface area contributed by atoms with Gasteiger partial charge in [0.2, 0.25) is 5.91 Å². The lowest BCUT2D eigenvalue weighted by atomic mass is 10.1. The van der Waals surface area contributed by atoms with Gasteiger partial charge >= 0.3 is 5.97 Å². The molecule has 0 aliphatic rings. The summed E-state index contributed by atoms with van der Waals surface area (Å²) in [5, 5.41) is 4.69. The highest BCUT2D eigenvalue weighted by atomic mass is 32.1. The fourth-order valence-corrected chi connectivity index (χ4v) is 2.77. The third kappa shape index (κ3) is 5.38. The number of carbonyl (C=O) groups excluding carboxylic acids is 3. The first-order valence-electron chi connectivity index (χ1n) is 8.09. The minimum atomic E-state index is -0.674. The summed E-state index contributed by atoms with van der Waals surface area (Å²) in [7, 11) is 3.17. The molecule has 1 aromatic carbocycles. The maximum absolute atomic E-state index is 12.0. The molecule has 0 aliphatic carbocycles. The molecule has 138 valence electrons. The van der Waals surface area contributed by atoms with Gasteiger partial charge in [-0.2, -0.15) is 0 Å². The standard InChI is InChI=1S/C18H21N3O4S/c1-4-12-5-7-13(8-6-12)17-20-14(11-26-17)18(24)25-10-15(22)19-9-16(23)21(2)3/h5-8,11H,4,9-10H2,1-3H3,(H,19,22). The lowest BCUT2D eigenvalue weighted by molar-refractivity contribution is -0.131. The lowest BCUT2D eigenvalue weighted by Gasteiger charge is -2.10. The number of aryl methyl sites for hydroxylation is 1. The number of amides is 2. The highest BCUT2D eigenvalue weighted by Crippen LogP contribution is 2.24. The average Bonchev–Trinajstić information content (AvgIpc) is 3.14. The van der Waals surface area contributed by atoms with E-state index in [0.29, 0.717) is 5.01 Å². The number of nitrogens with zero attached hydrogens (tertiary/aromatic N) is 2. The summed E-state index contributed by atoms with van der Waals surface area (Å²) >= 11 is 1.33. The number of ether oxygens (including phenoxy) is 1. The van der Waals surface area contributed by atoms with Crippen LogP contribution in [0.1, 0.15) is 23.0 Å². The van der Waals surface area contributed by atoms with E-state index >= 15 is 0 Å². The van der Waals surface area contributed by atoms with E-state index in [4.69, 9.17) is 4.74 Å². The van der Waals surface area contributed by atoms with Crippen LogP contribution in [0.25, 0.3) is 10.6 Å². The number of rotatable bonds is 7. The van der Waals surface area contributed by atoms with E-state index in [-0.39, 0.29) is 18.1 Å². The van der Waals surface area contributed by atoms with Crippen molar-refractivity contribution in [1.82, 2.24) is 15.2 Å². The normalized spacial score (nSPS) is 10.3. The molecule has 0 radical (unpaired) electrons. The van der Waals surface area contributed by atoms with E-state index in [0.717, 1.165) is 12.0 Å². The molecule has 2 rings (SSSR count). The molecule has 0 atom stereocenters. The zero-order valence-corrected chi connectivity index (χ0v) is 15.8. The van der Waals surface area contributed by atoms with Gasteiger partial charge in [-0.1, -0.05) is 31.2 Å². The Morgan fingerprint density at radius 3 is 2.50 bits per heavy atom. The van der Waals surface area contributed by atoms with Crippen molar-refractivity contribution in [3.63, 3.8) is 0 Å². The molecule has 26 heavy (non-hydrogen) atoms. The van der Waals surface area contributed by atoms with Gasteiger partial charge < -0.3 is 15.0 Å². The molecule has 2 amide bonds. The Hall–Kier alpha value is -2.74. The second-order valence-electron chi connectivity index (χ2n) is 5.73. The van der Waals surface area contributed by atoms with Gasteiger partial charge in [-0.05, 0) is 12.0 Å². The number of hydrogen-bond acceptors (Lipinski definition) is 6. The number of benzene rings is 1. The number of aromatic nitrogens is 1. The van der Waals surface area contributed by atoms with Gasteiger partial charge in [0.05, 0.1) is 6.54 Å². The van der Waals surface area contributed by atoms with Crippen LogP contribution in [-0.4, -0.2) is 54.9 Å². The molecule has 8 heteroatoms. The van der Waals surface area contributed by atoms with Gasteiger partial charge in [0.25, 0.3) is 5.91 Å². The zero-order valence-electron chi connectivity index (χ0n) is 14.9. The summed E-state index contributed by atoms with van der Waals surface area (Å²) in [6.07, 6.45) is 0.956. The van der Waals surface area contributed by atoms with Crippen molar-refractivity contribution in [3.8, 4) is 10.6 Å². The van der Waals surface area contributed by atoms with Crippen molar-refractivity contribution in [2.24, 2.45) is 0 Å². The van der Waals surface area contributed by atoms with Crippen LogP contribution in [0.15, 0.2) is 29.6 Å². The predicted molar refractivity (Wildman–Crippen MR) is 98.9 cm³/mol. The Balaban J connectivity index is 1.87. The first-order chi connectivity index (χ1) is 12.4. The number of carbonyl (C=O) groups is 3. The highest BCUT2D eigenvalue weighted by molar-refractivity contribution is 7.13. The van der Waals surface area contributed by atoms with E-state index in [1.807, 2.05) is 24.3 Å². The fraction of sp³-hybridized carbons (Fsp3) is 0.333. The number of nitrogens with one attached hydrogen (secondary N) is 1. The van der Waals surface area contributed by atoms with Gasteiger partial charge in [0.1, 0.15) is 5.01 Å². The number of thiazole rings is 1. The molecule has 0 spiro atoms. The van der Waals surface area contributed by atoms with Crippen LogP contribution in [0.3, 0.4) is 0 Å². The fourth-order valence-electron chi connectivity index (χ4n) is 1.97. The molecule has 1 heterocycles. The molecule has 0 saturated carbocycles. The van der Waals surface area contributed by atoms with Crippen molar-refractivity contribution in [3.05, 3.63) is 40.9 Å². The SMILES string of the molecule is CCc1ccc(-c2nc(C(=O)OCC(=O)NCC(=O)N(C)C)cs2)cc1. The third-order valence-corrected chi connectivity index (χ3v) is 4.48. The summed E-state index contributed by atoms with van der Waals surface area (Å²) in [6, 6.07) is 7.96. The van der Waals surface area contributed by atoms with Gasteiger partial charge in [0.15, 0.2) is 12.3 Å². The molecule has 2 aromatic rings. The van der Waals surface area contributed by atoms with E-state index in [2.05, 4.69) is 17.2 Å². The Morgan fingerprint density at radius 1 is 1.19 bits per heavy atom. The summed E-state index contributed by atoms with van der Waals surface area (Å²) in [6.45, 7) is 1.48. The molecular formula is C18H21N3O4S. The Morgan fingerprint density at radius 2 is 1.88 bits per heavy atom. The van der Waals surface area contributed by atoms with E-state index in [1.165, 1.54) is 21.8 Å². The topological polar surface area (TPSA) is 88.6 Å². The monoisotopic (exact) mass is 375 g/mol. The summed E-state index contributed by atoms with van der Waals surface area (Å²) in [5.41, 5.74) is 2.30. The number of esters is 1. The smallest absolute Gasteiger partial charge is 0.358 e. The maximum Gasteiger partial charge on any atom is 0.358 e. The number of hydrogen-bond donors (Lipinski definition) is 1.